The molecule has 1 aliphatic carbocycles. The Morgan fingerprint density at radius 3 is 2.79 bits per heavy atom. The summed E-state index contributed by atoms with van der Waals surface area (Å²) in [5.74, 6) is -0.504. The van der Waals surface area contributed by atoms with Crippen LogP contribution in [-0.2, 0) is 14.3 Å². The number of ether oxygens (including phenoxy) is 1. The number of ketones is 1. The number of aliphatic hydroxyl groups is 1. The summed E-state index contributed by atoms with van der Waals surface area (Å²) in [4.78, 5) is 30.6. The van der Waals surface area contributed by atoms with Crippen molar-refractivity contribution in [1.29, 1.82) is 0 Å². The zero-order valence-corrected chi connectivity index (χ0v) is 20.9. The highest BCUT2D eigenvalue weighted by Crippen LogP contribution is 2.44. The van der Waals surface area contributed by atoms with Crippen LogP contribution in [0.15, 0.2) is 29.8 Å². The fourth-order valence-electron chi connectivity index (χ4n) is 5.57. The van der Waals surface area contributed by atoms with Crippen LogP contribution in [0, 0.1) is 24.2 Å². The number of aromatic nitrogens is 1. The van der Waals surface area contributed by atoms with E-state index >= 15 is 0 Å². The van der Waals surface area contributed by atoms with E-state index in [1.54, 1.807) is 11.3 Å². The van der Waals surface area contributed by atoms with Gasteiger partial charge in [-0.2, -0.15) is 0 Å². The quantitative estimate of drug-likeness (QED) is 0.404. The molecule has 2 heterocycles. The number of thiazole rings is 1. The van der Waals surface area contributed by atoms with Crippen LogP contribution in [0.5, 0.6) is 0 Å². The monoisotopic (exact) mass is 469 g/mol. The third-order valence-corrected chi connectivity index (χ3v) is 8.54. The molecule has 0 saturated heterocycles. The van der Waals surface area contributed by atoms with Gasteiger partial charge in [-0.05, 0) is 69.6 Å². The van der Waals surface area contributed by atoms with Crippen LogP contribution in [-0.4, -0.2) is 27.9 Å². The van der Waals surface area contributed by atoms with Crippen LogP contribution < -0.4 is 0 Å². The van der Waals surface area contributed by atoms with Crippen LogP contribution in [0.2, 0.25) is 0 Å². The summed E-state index contributed by atoms with van der Waals surface area (Å²) in [6.07, 6.45) is 5.94. The van der Waals surface area contributed by atoms with E-state index in [-0.39, 0.29) is 30.2 Å². The molecule has 1 aliphatic heterocycles. The molecular formula is C27H35NO4S. The maximum Gasteiger partial charge on any atom is 0.306 e. The third-order valence-electron chi connectivity index (χ3n) is 7.59. The highest BCUT2D eigenvalue weighted by Gasteiger charge is 2.47. The van der Waals surface area contributed by atoms with Gasteiger partial charge in [-0.3, -0.25) is 9.59 Å². The molecule has 5 atom stereocenters. The molecule has 2 bridgehead atoms. The summed E-state index contributed by atoms with van der Waals surface area (Å²) in [6, 6.07) is 6.12. The Morgan fingerprint density at radius 2 is 2.00 bits per heavy atom. The highest BCUT2D eigenvalue weighted by molar-refractivity contribution is 7.18. The lowest BCUT2D eigenvalue weighted by molar-refractivity contribution is -0.152. The number of carbonyl (C=O) groups is 2. The van der Waals surface area contributed by atoms with Gasteiger partial charge in [-0.1, -0.05) is 31.6 Å². The van der Waals surface area contributed by atoms with Crippen LogP contribution in [0.4, 0.5) is 0 Å². The van der Waals surface area contributed by atoms with Crippen molar-refractivity contribution in [2.24, 2.45) is 17.3 Å². The number of hydrogen-bond donors (Lipinski definition) is 1. The van der Waals surface area contributed by atoms with Crippen LogP contribution >= 0.6 is 11.3 Å². The fraction of sp³-hybridized carbons (Fsp3) is 0.593. The Labute approximate surface area is 200 Å². The summed E-state index contributed by atoms with van der Waals surface area (Å²) >= 11 is 1.66. The summed E-state index contributed by atoms with van der Waals surface area (Å²) in [6.45, 7) is 7.90. The van der Waals surface area contributed by atoms with Gasteiger partial charge in [-0.25, -0.2) is 4.98 Å². The van der Waals surface area contributed by atoms with Crippen molar-refractivity contribution >= 4 is 33.3 Å². The van der Waals surface area contributed by atoms with E-state index in [9.17, 15) is 14.7 Å². The summed E-state index contributed by atoms with van der Waals surface area (Å²) < 4.78 is 7.11. The second-order valence-corrected chi connectivity index (χ2v) is 11.5. The Hall–Kier alpha value is -2.05. The topological polar surface area (TPSA) is 76.5 Å². The number of rotatable bonds is 1. The number of Topliss-reactive ketones (excluding diaryl/α,β-unsaturated/α-hetero) is 1. The largest absolute Gasteiger partial charge is 0.457 e. The Kier molecular flexibility index (Phi) is 7.06. The molecular weight excluding hydrogens is 434 g/mol. The van der Waals surface area contributed by atoms with E-state index < -0.39 is 17.4 Å². The number of benzene rings is 1. The van der Waals surface area contributed by atoms with Gasteiger partial charge in [0.25, 0.3) is 0 Å². The second kappa shape index (κ2) is 9.67. The van der Waals surface area contributed by atoms with Crippen molar-refractivity contribution in [2.45, 2.75) is 84.8 Å². The lowest BCUT2D eigenvalue weighted by Crippen LogP contribution is -2.48. The van der Waals surface area contributed by atoms with Crippen molar-refractivity contribution in [3.63, 3.8) is 0 Å². The molecule has 2 aromatic rings. The number of hydrogen-bond acceptors (Lipinski definition) is 6. The van der Waals surface area contributed by atoms with Gasteiger partial charge in [0.1, 0.15) is 11.9 Å². The van der Waals surface area contributed by atoms with Crippen molar-refractivity contribution in [2.75, 3.05) is 0 Å². The summed E-state index contributed by atoms with van der Waals surface area (Å²) in [5, 5.41) is 11.7. The molecule has 0 radical (unpaired) electrons. The van der Waals surface area contributed by atoms with E-state index in [4.69, 9.17) is 4.74 Å². The van der Waals surface area contributed by atoms with E-state index in [1.165, 1.54) is 5.57 Å². The number of cyclic esters (lactones) is 1. The number of aliphatic hydroxyl groups excluding tert-OH is 1. The summed E-state index contributed by atoms with van der Waals surface area (Å²) in [7, 11) is 0. The van der Waals surface area contributed by atoms with Gasteiger partial charge < -0.3 is 9.84 Å². The molecule has 5 nitrogen and oxygen atoms in total. The Balaban J connectivity index is 1.60. The molecule has 1 saturated carbocycles. The number of fused-ring (bicyclic) bond motifs is 3. The molecule has 1 N–H and O–H groups in total. The van der Waals surface area contributed by atoms with Crippen molar-refractivity contribution in [3.8, 4) is 0 Å². The standard InChI is InChI=1S/C27H35NO4S/c1-16-6-5-7-20-15-27(4,26(31)17(2)25(20)30)13-12-24(29)32-22(10-8-16)19-9-11-23-21(14-19)28-18(3)33-23/h8-9,11,14,17,20,22,25,30H,5-7,10,12-13,15H2,1-4H3/b16-8-/t17-,20-,22?,25?,27?/m1/s1. The molecule has 0 amide bonds. The first-order valence-corrected chi connectivity index (χ1v) is 12.9. The Bertz CT molecular complexity index is 1070. The smallest absolute Gasteiger partial charge is 0.306 e. The number of aryl methyl sites for hydroxylation is 1. The Morgan fingerprint density at radius 1 is 1.21 bits per heavy atom. The molecule has 1 fully saturated rings. The number of allylic oxidation sites excluding steroid dienone is 1. The lowest BCUT2D eigenvalue weighted by Gasteiger charge is -2.43. The first kappa shape index (κ1) is 24.1. The van der Waals surface area contributed by atoms with Crippen LogP contribution in [0.3, 0.4) is 0 Å². The molecule has 4 rings (SSSR count). The molecule has 6 heteroatoms. The molecule has 1 aromatic heterocycles. The average Bonchev–Trinajstić information content (AvgIpc) is 3.16. The van der Waals surface area contributed by atoms with Crippen molar-refractivity contribution in [3.05, 3.63) is 40.4 Å². The van der Waals surface area contributed by atoms with Crippen LogP contribution in [0.25, 0.3) is 10.2 Å². The van der Waals surface area contributed by atoms with Gasteiger partial charge in [0.15, 0.2) is 0 Å². The normalized spacial score (nSPS) is 33.8. The van der Waals surface area contributed by atoms with E-state index in [0.29, 0.717) is 19.3 Å². The van der Waals surface area contributed by atoms with Gasteiger partial charge in [0.2, 0.25) is 0 Å². The van der Waals surface area contributed by atoms with Gasteiger partial charge in [0, 0.05) is 24.2 Å². The third kappa shape index (κ3) is 5.22. The van der Waals surface area contributed by atoms with Crippen molar-refractivity contribution in [1.82, 2.24) is 4.98 Å². The minimum absolute atomic E-state index is 0.0723. The van der Waals surface area contributed by atoms with E-state index in [0.717, 1.165) is 40.1 Å². The average molecular weight is 470 g/mol. The predicted molar refractivity (Wildman–Crippen MR) is 131 cm³/mol. The van der Waals surface area contributed by atoms with E-state index in [2.05, 4.69) is 24.1 Å². The molecule has 1 aromatic carbocycles. The van der Waals surface area contributed by atoms with Gasteiger partial charge in [-0.15, -0.1) is 11.3 Å². The maximum atomic E-state index is 13.1. The highest BCUT2D eigenvalue weighted by atomic mass is 32.1. The zero-order chi connectivity index (χ0) is 23.8. The minimum Gasteiger partial charge on any atom is -0.457 e. The predicted octanol–water partition coefficient (Wildman–Crippen LogP) is 6.08. The number of nitrogens with zero attached hydrogens (tertiary/aromatic N) is 1. The minimum atomic E-state index is -0.594. The first-order valence-electron chi connectivity index (χ1n) is 12.1. The van der Waals surface area contributed by atoms with Gasteiger partial charge >= 0.3 is 5.97 Å². The van der Waals surface area contributed by atoms with Crippen LogP contribution in [0.1, 0.15) is 82.4 Å². The molecule has 178 valence electrons. The summed E-state index contributed by atoms with van der Waals surface area (Å²) in [5.41, 5.74) is 2.55. The molecule has 33 heavy (non-hydrogen) atoms. The second-order valence-electron chi connectivity index (χ2n) is 10.3. The maximum absolute atomic E-state index is 13.1. The molecule has 2 aliphatic rings. The first-order chi connectivity index (χ1) is 15.7. The molecule has 3 unspecified atom stereocenters. The zero-order valence-electron chi connectivity index (χ0n) is 20.1. The fourth-order valence-corrected chi connectivity index (χ4v) is 6.38. The van der Waals surface area contributed by atoms with Crippen molar-refractivity contribution < 1.29 is 19.4 Å². The molecule has 0 spiro atoms. The lowest BCUT2D eigenvalue weighted by atomic mass is 9.62. The van der Waals surface area contributed by atoms with E-state index in [1.807, 2.05) is 32.9 Å². The number of esters is 1. The number of carbonyl (C=O) groups excluding carboxylic acids is 2. The SMILES string of the molecule is C/C1=C/CC(c2ccc3sc(C)nc3c2)OC(=O)CCC2(C)C[C@@H](CCC1)C(O)[C@@H](C)C2=O. The van der Waals surface area contributed by atoms with Gasteiger partial charge in [0.05, 0.1) is 21.3 Å².